The zero-order chi connectivity index (χ0) is 27.3. The van der Waals surface area contributed by atoms with Crippen LogP contribution in [0.5, 0.6) is 0 Å². The highest BCUT2D eigenvalue weighted by Crippen LogP contribution is 2.30. The van der Waals surface area contributed by atoms with E-state index >= 15 is 0 Å². The minimum atomic E-state index is -1.06. The third-order valence-corrected chi connectivity index (χ3v) is 6.78. The van der Waals surface area contributed by atoms with Crippen molar-refractivity contribution in [2.75, 3.05) is 5.75 Å². The van der Waals surface area contributed by atoms with E-state index in [1.807, 2.05) is 47.9 Å². The van der Waals surface area contributed by atoms with E-state index in [9.17, 15) is 14.7 Å². The van der Waals surface area contributed by atoms with Crippen molar-refractivity contribution in [1.29, 1.82) is 0 Å². The first-order chi connectivity index (χ1) is 18.1. The van der Waals surface area contributed by atoms with Gasteiger partial charge in [0.1, 0.15) is 0 Å². The van der Waals surface area contributed by atoms with Crippen LogP contribution in [-0.4, -0.2) is 43.7 Å². The number of rotatable bonds is 8. The summed E-state index contributed by atoms with van der Waals surface area (Å²) in [5.41, 5.74) is 7.16. The second kappa shape index (κ2) is 11.4. The second-order valence-electron chi connectivity index (χ2n) is 9.78. The lowest BCUT2D eigenvalue weighted by Gasteiger charge is -2.19. The lowest BCUT2D eigenvalue weighted by atomic mass is 9.87. The summed E-state index contributed by atoms with van der Waals surface area (Å²) in [5.74, 6) is -0.687. The van der Waals surface area contributed by atoms with Crippen LogP contribution in [0.1, 0.15) is 47.8 Å². The minimum absolute atomic E-state index is 0.0374. The molecule has 0 fully saturated rings. The number of carboxylic acid groups (broad SMARTS) is 1. The lowest BCUT2D eigenvalue weighted by Crippen LogP contribution is -2.20. The number of aryl methyl sites for hydroxylation is 1. The van der Waals surface area contributed by atoms with E-state index in [1.54, 1.807) is 18.2 Å². The largest absolute Gasteiger partial charge is 0.478 e. The van der Waals surface area contributed by atoms with Crippen molar-refractivity contribution < 1.29 is 14.7 Å². The summed E-state index contributed by atoms with van der Waals surface area (Å²) in [5, 5.41) is 22.6. The molecule has 4 rings (SSSR count). The van der Waals surface area contributed by atoms with Gasteiger partial charge in [-0.2, -0.15) is 5.10 Å². The zero-order valence-electron chi connectivity index (χ0n) is 21.7. The number of carboxylic acids is 1. The monoisotopic (exact) mass is 527 g/mol. The molecule has 0 aliphatic rings. The van der Waals surface area contributed by atoms with Gasteiger partial charge >= 0.3 is 5.97 Å². The van der Waals surface area contributed by atoms with Gasteiger partial charge in [0.25, 0.3) is 5.91 Å². The van der Waals surface area contributed by atoms with Crippen LogP contribution >= 0.6 is 11.8 Å². The SMILES string of the molecule is Cc1ccc(-n2c(SCC(=O)N/N=C\c3ccccc3C(=O)O)nnc2-c2ccc(C(C)(C)C)cc2)cc1. The molecule has 0 bridgehead atoms. The first-order valence-corrected chi connectivity index (χ1v) is 13.0. The molecule has 2 N–H and O–H groups in total. The summed E-state index contributed by atoms with van der Waals surface area (Å²) in [6.07, 6.45) is 1.32. The van der Waals surface area contributed by atoms with Gasteiger partial charge in [-0.1, -0.05) is 92.7 Å². The third-order valence-electron chi connectivity index (χ3n) is 5.85. The first-order valence-electron chi connectivity index (χ1n) is 12.0. The Bertz CT molecular complexity index is 1470. The van der Waals surface area contributed by atoms with E-state index in [0.717, 1.165) is 16.8 Å². The van der Waals surface area contributed by atoms with Crippen LogP contribution in [0.25, 0.3) is 17.1 Å². The highest BCUT2D eigenvalue weighted by atomic mass is 32.2. The smallest absolute Gasteiger partial charge is 0.336 e. The van der Waals surface area contributed by atoms with Gasteiger partial charge in [-0.05, 0) is 36.1 Å². The third kappa shape index (κ3) is 6.36. The summed E-state index contributed by atoms with van der Waals surface area (Å²) < 4.78 is 1.94. The lowest BCUT2D eigenvalue weighted by molar-refractivity contribution is -0.118. The van der Waals surface area contributed by atoms with Crippen molar-refractivity contribution in [2.45, 2.75) is 38.3 Å². The van der Waals surface area contributed by atoms with Gasteiger partial charge in [-0.3, -0.25) is 9.36 Å². The van der Waals surface area contributed by atoms with E-state index < -0.39 is 5.97 Å². The number of aromatic carboxylic acids is 1. The number of benzene rings is 3. The number of hydrogen-bond donors (Lipinski definition) is 2. The zero-order valence-corrected chi connectivity index (χ0v) is 22.5. The molecule has 0 radical (unpaired) electrons. The van der Waals surface area contributed by atoms with Gasteiger partial charge < -0.3 is 5.11 Å². The molecule has 0 aliphatic carbocycles. The van der Waals surface area contributed by atoms with Crippen LogP contribution in [0.15, 0.2) is 83.1 Å². The Labute approximate surface area is 225 Å². The Morgan fingerprint density at radius 2 is 1.68 bits per heavy atom. The summed E-state index contributed by atoms with van der Waals surface area (Å²) in [4.78, 5) is 23.8. The van der Waals surface area contributed by atoms with E-state index in [2.05, 4.69) is 53.6 Å². The molecule has 38 heavy (non-hydrogen) atoms. The Morgan fingerprint density at radius 3 is 2.34 bits per heavy atom. The maximum atomic E-state index is 12.5. The fourth-order valence-corrected chi connectivity index (χ4v) is 4.48. The molecule has 1 amide bonds. The number of nitrogens with zero attached hydrogens (tertiary/aromatic N) is 4. The van der Waals surface area contributed by atoms with Gasteiger partial charge in [0, 0.05) is 16.8 Å². The molecule has 8 nitrogen and oxygen atoms in total. The predicted molar refractivity (Wildman–Crippen MR) is 150 cm³/mol. The summed E-state index contributed by atoms with van der Waals surface area (Å²) in [6.45, 7) is 8.54. The van der Waals surface area contributed by atoms with Crippen molar-refractivity contribution in [3.8, 4) is 17.1 Å². The molecule has 1 heterocycles. The second-order valence-corrected chi connectivity index (χ2v) is 10.7. The molecule has 3 aromatic carbocycles. The van der Waals surface area contributed by atoms with E-state index in [-0.39, 0.29) is 22.6 Å². The fraction of sp³-hybridized carbons (Fsp3) is 0.207. The maximum absolute atomic E-state index is 12.5. The fourth-order valence-electron chi connectivity index (χ4n) is 3.74. The highest BCUT2D eigenvalue weighted by molar-refractivity contribution is 7.99. The van der Waals surface area contributed by atoms with Crippen molar-refractivity contribution in [3.05, 3.63) is 95.1 Å². The quantitative estimate of drug-likeness (QED) is 0.178. The molecule has 0 saturated carbocycles. The van der Waals surface area contributed by atoms with E-state index in [0.29, 0.717) is 16.5 Å². The molecule has 4 aromatic rings. The number of nitrogens with one attached hydrogen (secondary N) is 1. The van der Waals surface area contributed by atoms with Crippen LogP contribution in [0, 0.1) is 6.92 Å². The predicted octanol–water partition coefficient (Wildman–Crippen LogP) is 5.48. The molecule has 0 atom stereocenters. The van der Waals surface area contributed by atoms with Gasteiger partial charge in [0.05, 0.1) is 17.5 Å². The van der Waals surface area contributed by atoms with Crippen molar-refractivity contribution in [3.63, 3.8) is 0 Å². The van der Waals surface area contributed by atoms with Crippen LogP contribution in [-0.2, 0) is 10.2 Å². The maximum Gasteiger partial charge on any atom is 0.336 e. The summed E-state index contributed by atoms with van der Waals surface area (Å²) in [7, 11) is 0. The van der Waals surface area contributed by atoms with Crippen LogP contribution in [0.2, 0.25) is 0 Å². The number of carbonyl (C=O) groups excluding carboxylic acids is 1. The summed E-state index contributed by atoms with van der Waals surface area (Å²) in [6, 6.07) is 22.8. The molecule has 0 spiro atoms. The van der Waals surface area contributed by atoms with Gasteiger partial charge in [-0.15, -0.1) is 10.2 Å². The average molecular weight is 528 g/mol. The number of hydrazone groups is 1. The Balaban J connectivity index is 1.54. The molecular weight excluding hydrogens is 498 g/mol. The average Bonchev–Trinajstić information content (AvgIpc) is 3.31. The van der Waals surface area contributed by atoms with Crippen molar-refractivity contribution >= 4 is 29.9 Å². The Morgan fingerprint density at radius 1 is 1.00 bits per heavy atom. The Hall–Kier alpha value is -4.24. The van der Waals surface area contributed by atoms with E-state index in [1.165, 1.54) is 29.6 Å². The topological polar surface area (TPSA) is 109 Å². The van der Waals surface area contributed by atoms with Crippen LogP contribution in [0.3, 0.4) is 0 Å². The number of amides is 1. The molecule has 0 unspecified atom stereocenters. The number of thioether (sulfide) groups is 1. The first kappa shape index (κ1) is 26.8. The van der Waals surface area contributed by atoms with Gasteiger partial charge in [0.15, 0.2) is 11.0 Å². The normalized spacial score (nSPS) is 11.6. The molecule has 194 valence electrons. The highest BCUT2D eigenvalue weighted by Gasteiger charge is 2.19. The molecule has 0 saturated heterocycles. The molecule has 0 aliphatic heterocycles. The molecule has 9 heteroatoms. The molecular formula is C29H29N5O3S. The van der Waals surface area contributed by atoms with Crippen LogP contribution < -0.4 is 5.43 Å². The number of aromatic nitrogens is 3. The number of hydrogen-bond acceptors (Lipinski definition) is 6. The van der Waals surface area contributed by atoms with Gasteiger partial charge in [-0.25, -0.2) is 10.2 Å². The minimum Gasteiger partial charge on any atom is -0.478 e. The van der Waals surface area contributed by atoms with Crippen molar-refractivity contribution in [2.24, 2.45) is 5.10 Å². The standard InChI is InChI=1S/C29H29N5O3S/c1-19-9-15-23(16-10-19)34-26(20-11-13-22(14-12-20)29(2,3)4)32-33-28(34)38-18-25(35)31-30-17-21-7-5-6-8-24(21)27(36)37/h5-17H,18H2,1-4H3,(H,31,35)(H,36,37)/b30-17-. The van der Waals surface area contributed by atoms with Crippen LogP contribution in [0.4, 0.5) is 0 Å². The molecule has 1 aromatic heterocycles. The van der Waals surface area contributed by atoms with Crippen molar-refractivity contribution in [1.82, 2.24) is 20.2 Å². The van der Waals surface area contributed by atoms with Gasteiger partial charge in [0.2, 0.25) is 0 Å². The Kier molecular flexibility index (Phi) is 8.07. The summed E-state index contributed by atoms with van der Waals surface area (Å²) >= 11 is 1.24. The van der Waals surface area contributed by atoms with E-state index in [4.69, 9.17) is 0 Å². The number of carbonyl (C=O) groups is 2.